The Morgan fingerprint density at radius 2 is 2.31 bits per heavy atom. The summed E-state index contributed by atoms with van der Waals surface area (Å²) in [6.07, 6.45) is 3.31. The number of rotatable bonds is 2. The van der Waals surface area contributed by atoms with Crippen molar-refractivity contribution in [1.82, 2.24) is 4.98 Å². The first-order valence-corrected chi connectivity index (χ1v) is 3.98. The number of nitrogens with zero attached hydrogens (tertiary/aromatic N) is 1. The van der Waals surface area contributed by atoms with Crippen LogP contribution in [0.15, 0.2) is 30.6 Å². The lowest BCUT2D eigenvalue weighted by molar-refractivity contribution is -0.112. The number of anilines is 1. The Kier molecular flexibility index (Phi) is 2.80. The molecule has 1 N–H and O–H groups in total. The van der Waals surface area contributed by atoms with Crippen LogP contribution in [0.3, 0.4) is 0 Å². The minimum Gasteiger partial charge on any atom is -0.321 e. The molecule has 1 aromatic heterocycles. The van der Waals surface area contributed by atoms with Crippen molar-refractivity contribution >= 4 is 11.6 Å². The smallest absolute Gasteiger partial charge is 0.250 e. The first-order chi connectivity index (χ1) is 6.11. The second-order valence-corrected chi connectivity index (χ2v) is 2.93. The molecular weight excluding hydrogens is 164 g/mol. The zero-order chi connectivity index (χ0) is 9.84. The Balaban J connectivity index is 2.81. The maximum atomic E-state index is 11.2. The van der Waals surface area contributed by atoms with Gasteiger partial charge in [-0.05, 0) is 25.5 Å². The van der Waals surface area contributed by atoms with Crippen molar-refractivity contribution in [1.29, 1.82) is 0 Å². The SMILES string of the molecule is C=C(C)C(=O)Nc1cnccc1C. The lowest BCUT2D eigenvalue weighted by Gasteiger charge is -2.06. The fourth-order valence-corrected chi connectivity index (χ4v) is 0.824. The molecule has 1 heterocycles. The summed E-state index contributed by atoms with van der Waals surface area (Å²) in [5, 5.41) is 2.71. The summed E-state index contributed by atoms with van der Waals surface area (Å²) >= 11 is 0. The molecule has 68 valence electrons. The quantitative estimate of drug-likeness (QED) is 0.699. The van der Waals surface area contributed by atoms with E-state index in [2.05, 4.69) is 16.9 Å². The second kappa shape index (κ2) is 3.85. The molecule has 1 amide bonds. The predicted octanol–water partition coefficient (Wildman–Crippen LogP) is 1.90. The van der Waals surface area contributed by atoms with Gasteiger partial charge in [-0.3, -0.25) is 9.78 Å². The molecule has 0 saturated carbocycles. The molecule has 0 radical (unpaired) electrons. The summed E-state index contributed by atoms with van der Waals surface area (Å²) in [5.41, 5.74) is 2.21. The van der Waals surface area contributed by atoms with Gasteiger partial charge in [0, 0.05) is 11.8 Å². The van der Waals surface area contributed by atoms with E-state index in [1.54, 1.807) is 19.3 Å². The van der Waals surface area contributed by atoms with Crippen LogP contribution in [0.1, 0.15) is 12.5 Å². The maximum Gasteiger partial charge on any atom is 0.250 e. The zero-order valence-electron chi connectivity index (χ0n) is 7.79. The van der Waals surface area contributed by atoms with E-state index >= 15 is 0 Å². The highest BCUT2D eigenvalue weighted by Gasteiger charge is 2.03. The van der Waals surface area contributed by atoms with Gasteiger partial charge in [0.15, 0.2) is 0 Å². The van der Waals surface area contributed by atoms with Crippen LogP contribution in [0, 0.1) is 6.92 Å². The molecule has 0 spiro atoms. The van der Waals surface area contributed by atoms with E-state index in [9.17, 15) is 4.79 Å². The van der Waals surface area contributed by atoms with Crippen LogP contribution in [-0.4, -0.2) is 10.9 Å². The molecule has 0 atom stereocenters. The molecule has 1 aromatic rings. The van der Waals surface area contributed by atoms with Gasteiger partial charge in [0.25, 0.3) is 5.91 Å². The summed E-state index contributed by atoms with van der Waals surface area (Å²) in [6.45, 7) is 7.13. The molecule has 0 aromatic carbocycles. The fraction of sp³-hybridized carbons (Fsp3) is 0.200. The Labute approximate surface area is 77.5 Å². The van der Waals surface area contributed by atoms with E-state index in [0.717, 1.165) is 11.3 Å². The highest BCUT2D eigenvalue weighted by molar-refractivity contribution is 6.03. The third-order valence-electron chi connectivity index (χ3n) is 1.67. The number of aryl methyl sites for hydroxylation is 1. The molecule has 0 bridgehead atoms. The van der Waals surface area contributed by atoms with Gasteiger partial charge in [-0.1, -0.05) is 6.58 Å². The monoisotopic (exact) mass is 176 g/mol. The Morgan fingerprint density at radius 1 is 1.62 bits per heavy atom. The van der Waals surface area contributed by atoms with Crippen LogP contribution >= 0.6 is 0 Å². The average Bonchev–Trinajstić information content (AvgIpc) is 2.08. The number of hydrogen-bond donors (Lipinski definition) is 1. The molecule has 13 heavy (non-hydrogen) atoms. The van der Waals surface area contributed by atoms with Crippen molar-refractivity contribution < 1.29 is 4.79 Å². The largest absolute Gasteiger partial charge is 0.321 e. The molecule has 0 aliphatic carbocycles. The third-order valence-corrected chi connectivity index (χ3v) is 1.67. The van der Waals surface area contributed by atoms with E-state index in [4.69, 9.17) is 0 Å². The van der Waals surface area contributed by atoms with E-state index in [0.29, 0.717) is 5.57 Å². The summed E-state index contributed by atoms with van der Waals surface area (Å²) in [7, 11) is 0. The van der Waals surface area contributed by atoms with Gasteiger partial charge >= 0.3 is 0 Å². The molecule has 3 nitrogen and oxygen atoms in total. The van der Waals surface area contributed by atoms with Crippen LogP contribution in [0.4, 0.5) is 5.69 Å². The van der Waals surface area contributed by atoms with Crippen molar-refractivity contribution in [2.45, 2.75) is 13.8 Å². The second-order valence-electron chi connectivity index (χ2n) is 2.93. The highest BCUT2D eigenvalue weighted by atomic mass is 16.1. The topological polar surface area (TPSA) is 42.0 Å². The van der Waals surface area contributed by atoms with Crippen molar-refractivity contribution in [3.63, 3.8) is 0 Å². The van der Waals surface area contributed by atoms with E-state index in [1.807, 2.05) is 13.0 Å². The summed E-state index contributed by atoms with van der Waals surface area (Å²) in [5.74, 6) is -0.170. The van der Waals surface area contributed by atoms with Gasteiger partial charge in [0.05, 0.1) is 11.9 Å². The van der Waals surface area contributed by atoms with Crippen molar-refractivity contribution in [3.8, 4) is 0 Å². The number of nitrogens with one attached hydrogen (secondary N) is 1. The third kappa shape index (κ3) is 2.40. The molecule has 0 saturated heterocycles. The van der Waals surface area contributed by atoms with Crippen molar-refractivity contribution in [2.24, 2.45) is 0 Å². The van der Waals surface area contributed by atoms with Crippen molar-refractivity contribution in [2.75, 3.05) is 5.32 Å². The minimum absolute atomic E-state index is 0.170. The first-order valence-electron chi connectivity index (χ1n) is 3.98. The Morgan fingerprint density at radius 3 is 2.85 bits per heavy atom. The van der Waals surface area contributed by atoms with Crippen LogP contribution in [0.2, 0.25) is 0 Å². The van der Waals surface area contributed by atoms with Gasteiger partial charge in [0.1, 0.15) is 0 Å². The van der Waals surface area contributed by atoms with Gasteiger partial charge in [-0.25, -0.2) is 0 Å². The van der Waals surface area contributed by atoms with Crippen LogP contribution in [0.5, 0.6) is 0 Å². The molecule has 1 rings (SSSR count). The zero-order valence-corrected chi connectivity index (χ0v) is 7.79. The molecule has 0 fully saturated rings. The van der Waals surface area contributed by atoms with E-state index in [1.165, 1.54) is 0 Å². The summed E-state index contributed by atoms with van der Waals surface area (Å²) in [4.78, 5) is 15.1. The molecule has 0 aliphatic rings. The van der Waals surface area contributed by atoms with Gasteiger partial charge in [-0.2, -0.15) is 0 Å². The molecule has 0 unspecified atom stereocenters. The standard InChI is InChI=1S/C10H12N2O/c1-7(2)10(13)12-9-6-11-5-4-8(9)3/h4-6H,1H2,2-3H3,(H,12,13). The number of pyridine rings is 1. The first kappa shape index (κ1) is 9.45. The van der Waals surface area contributed by atoms with Gasteiger partial charge < -0.3 is 5.32 Å². The average molecular weight is 176 g/mol. The normalized spacial score (nSPS) is 9.38. The lowest BCUT2D eigenvalue weighted by Crippen LogP contribution is -2.12. The molecule has 3 heteroatoms. The molecule has 0 aliphatic heterocycles. The van der Waals surface area contributed by atoms with Crippen LogP contribution in [0.25, 0.3) is 0 Å². The fourth-order valence-electron chi connectivity index (χ4n) is 0.824. The Bertz CT molecular complexity index is 345. The minimum atomic E-state index is -0.170. The number of carbonyl (C=O) groups excluding carboxylic acids is 1. The molecular formula is C10H12N2O. The van der Waals surface area contributed by atoms with E-state index in [-0.39, 0.29) is 5.91 Å². The number of aromatic nitrogens is 1. The van der Waals surface area contributed by atoms with Crippen molar-refractivity contribution in [3.05, 3.63) is 36.2 Å². The maximum absolute atomic E-state index is 11.2. The number of carbonyl (C=O) groups is 1. The van der Waals surface area contributed by atoms with E-state index < -0.39 is 0 Å². The van der Waals surface area contributed by atoms with Crippen LogP contribution < -0.4 is 5.32 Å². The predicted molar refractivity (Wildman–Crippen MR) is 52.4 cm³/mol. The summed E-state index contributed by atoms with van der Waals surface area (Å²) < 4.78 is 0. The Hall–Kier alpha value is -1.64. The number of hydrogen-bond acceptors (Lipinski definition) is 2. The van der Waals surface area contributed by atoms with Gasteiger partial charge in [-0.15, -0.1) is 0 Å². The number of amides is 1. The van der Waals surface area contributed by atoms with Gasteiger partial charge in [0.2, 0.25) is 0 Å². The van der Waals surface area contributed by atoms with Crippen LogP contribution in [-0.2, 0) is 4.79 Å². The highest BCUT2D eigenvalue weighted by Crippen LogP contribution is 2.11. The summed E-state index contributed by atoms with van der Waals surface area (Å²) in [6, 6.07) is 1.84. The lowest BCUT2D eigenvalue weighted by atomic mass is 10.2.